The maximum Gasteiger partial charge on any atom is 0.328 e. The second kappa shape index (κ2) is 7.27. The fourth-order valence-corrected chi connectivity index (χ4v) is 2.06. The van der Waals surface area contributed by atoms with Gasteiger partial charge in [0.15, 0.2) is 0 Å². The van der Waals surface area contributed by atoms with Crippen LogP contribution in [0.3, 0.4) is 0 Å². The Morgan fingerprint density at radius 1 is 1.41 bits per heavy atom. The number of methoxy groups -OCH3 is 1. The summed E-state index contributed by atoms with van der Waals surface area (Å²) in [5.41, 5.74) is 0. The Hall–Kier alpha value is -1.10. The summed E-state index contributed by atoms with van der Waals surface area (Å²) in [6.07, 6.45) is 2.73. The minimum Gasteiger partial charge on any atom is -0.467 e. The van der Waals surface area contributed by atoms with E-state index >= 15 is 0 Å². The van der Waals surface area contributed by atoms with Gasteiger partial charge < -0.3 is 14.4 Å². The molecule has 0 saturated carbocycles. The minimum absolute atomic E-state index is 0.0256. The molecule has 0 aliphatic carbocycles. The first-order valence-corrected chi connectivity index (χ1v) is 6.15. The first-order valence-electron chi connectivity index (χ1n) is 6.15. The number of ether oxygens (including phenoxy) is 2. The van der Waals surface area contributed by atoms with Crippen molar-refractivity contribution in [1.82, 2.24) is 4.90 Å². The predicted octanol–water partition coefficient (Wildman–Crippen LogP) is 0.967. The Balaban J connectivity index is 2.37. The van der Waals surface area contributed by atoms with Crippen molar-refractivity contribution in [3.05, 3.63) is 0 Å². The lowest BCUT2D eigenvalue weighted by atomic mass is 10.2. The van der Waals surface area contributed by atoms with E-state index in [2.05, 4.69) is 0 Å². The summed E-state index contributed by atoms with van der Waals surface area (Å²) in [4.78, 5) is 25.0. The van der Waals surface area contributed by atoms with Crippen LogP contribution in [-0.2, 0) is 19.1 Å². The smallest absolute Gasteiger partial charge is 0.328 e. The molecule has 0 aromatic carbocycles. The summed E-state index contributed by atoms with van der Waals surface area (Å²) < 4.78 is 9.88. The first kappa shape index (κ1) is 14.0. The van der Waals surface area contributed by atoms with Crippen LogP contribution in [0.2, 0.25) is 0 Å². The molecule has 1 heterocycles. The normalized spacial score (nSPS) is 19.4. The highest BCUT2D eigenvalue weighted by atomic mass is 16.5. The second-order valence-electron chi connectivity index (χ2n) is 4.07. The number of rotatable bonds is 6. The molecule has 1 saturated heterocycles. The fourth-order valence-electron chi connectivity index (χ4n) is 2.06. The molecule has 0 radical (unpaired) electrons. The lowest BCUT2D eigenvalue weighted by Crippen LogP contribution is -2.41. The molecule has 1 amide bonds. The van der Waals surface area contributed by atoms with Gasteiger partial charge in [0, 0.05) is 26.2 Å². The highest BCUT2D eigenvalue weighted by Crippen LogP contribution is 2.19. The third-order valence-corrected chi connectivity index (χ3v) is 2.93. The number of hydrogen-bond donors (Lipinski definition) is 0. The van der Waals surface area contributed by atoms with Gasteiger partial charge in [-0.1, -0.05) is 0 Å². The van der Waals surface area contributed by atoms with E-state index < -0.39 is 0 Å². The molecule has 1 aliphatic heterocycles. The lowest BCUT2D eigenvalue weighted by molar-refractivity contribution is -0.151. The summed E-state index contributed by atoms with van der Waals surface area (Å²) >= 11 is 0. The summed E-state index contributed by atoms with van der Waals surface area (Å²) in [7, 11) is 1.36. The molecular formula is C12H21NO4. The van der Waals surface area contributed by atoms with E-state index in [0.717, 1.165) is 6.42 Å². The van der Waals surface area contributed by atoms with Gasteiger partial charge in [-0.15, -0.1) is 0 Å². The molecule has 0 bridgehead atoms. The standard InChI is InChI=1S/C12H21NO4/c1-3-17-9-5-7-11(14)13-8-4-6-10(13)12(15)16-2/h10H,3-9H2,1-2H3. The molecule has 1 aliphatic rings. The van der Waals surface area contributed by atoms with E-state index in [1.54, 1.807) is 4.90 Å². The van der Waals surface area contributed by atoms with Gasteiger partial charge in [0.2, 0.25) is 5.91 Å². The van der Waals surface area contributed by atoms with E-state index in [1.807, 2.05) is 6.92 Å². The number of hydrogen-bond acceptors (Lipinski definition) is 4. The van der Waals surface area contributed by atoms with Crippen molar-refractivity contribution in [1.29, 1.82) is 0 Å². The van der Waals surface area contributed by atoms with E-state index in [0.29, 0.717) is 39.0 Å². The number of likely N-dealkylation sites (tertiary alicyclic amines) is 1. The van der Waals surface area contributed by atoms with E-state index in [4.69, 9.17) is 9.47 Å². The second-order valence-corrected chi connectivity index (χ2v) is 4.07. The van der Waals surface area contributed by atoms with E-state index in [-0.39, 0.29) is 17.9 Å². The van der Waals surface area contributed by atoms with Crippen LogP contribution in [0.15, 0.2) is 0 Å². The van der Waals surface area contributed by atoms with Crippen LogP contribution in [0.1, 0.15) is 32.6 Å². The Bertz CT molecular complexity index is 267. The molecule has 0 N–H and O–H groups in total. The Morgan fingerprint density at radius 2 is 2.18 bits per heavy atom. The van der Waals surface area contributed by atoms with E-state index in [9.17, 15) is 9.59 Å². The molecule has 0 aromatic rings. The summed E-state index contributed by atoms with van der Waals surface area (Å²) in [5.74, 6) is -0.279. The van der Waals surface area contributed by atoms with Crippen LogP contribution in [0, 0.1) is 0 Å². The molecule has 1 fully saturated rings. The van der Waals surface area contributed by atoms with Crippen molar-refractivity contribution in [2.45, 2.75) is 38.6 Å². The van der Waals surface area contributed by atoms with Gasteiger partial charge in [-0.05, 0) is 26.2 Å². The lowest BCUT2D eigenvalue weighted by Gasteiger charge is -2.22. The van der Waals surface area contributed by atoms with Gasteiger partial charge >= 0.3 is 5.97 Å². The largest absolute Gasteiger partial charge is 0.467 e. The zero-order chi connectivity index (χ0) is 12.7. The van der Waals surface area contributed by atoms with Gasteiger partial charge in [-0.2, -0.15) is 0 Å². The third kappa shape index (κ3) is 4.00. The van der Waals surface area contributed by atoms with Crippen molar-refractivity contribution >= 4 is 11.9 Å². The van der Waals surface area contributed by atoms with Gasteiger partial charge in [0.1, 0.15) is 6.04 Å². The minimum atomic E-state index is -0.375. The maximum atomic E-state index is 11.9. The Morgan fingerprint density at radius 3 is 2.82 bits per heavy atom. The maximum absolute atomic E-state index is 11.9. The zero-order valence-electron chi connectivity index (χ0n) is 10.6. The number of amides is 1. The third-order valence-electron chi connectivity index (χ3n) is 2.93. The highest BCUT2D eigenvalue weighted by Gasteiger charge is 2.34. The van der Waals surface area contributed by atoms with Gasteiger partial charge in [0.05, 0.1) is 7.11 Å². The quantitative estimate of drug-likeness (QED) is 0.515. The number of nitrogens with zero attached hydrogens (tertiary/aromatic N) is 1. The number of esters is 1. The molecule has 5 nitrogen and oxygen atoms in total. The average molecular weight is 243 g/mol. The molecule has 0 spiro atoms. The van der Waals surface area contributed by atoms with Crippen LogP contribution >= 0.6 is 0 Å². The predicted molar refractivity (Wildman–Crippen MR) is 62.5 cm³/mol. The molecule has 98 valence electrons. The van der Waals surface area contributed by atoms with Gasteiger partial charge in [-0.25, -0.2) is 4.79 Å². The molecule has 1 rings (SSSR count). The van der Waals surface area contributed by atoms with Crippen LogP contribution < -0.4 is 0 Å². The number of carbonyl (C=O) groups is 2. The summed E-state index contributed by atoms with van der Waals surface area (Å²) in [5, 5.41) is 0. The molecular weight excluding hydrogens is 222 g/mol. The first-order chi connectivity index (χ1) is 8.20. The van der Waals surface area contributed by atoms with Crippen molar-refractivity contribution in [2.24, 2.45) is 0 Å². The molecule has 0 aromatic heterocycles. The highest BCUT2D eigenvalue weighted by molar-refractivity contribution is 5.85. The average Bonchev–Trinajstić information content (AvgIpc) is 2.82. The summed E-state index contributed by atoms with van der Waals surface area (Å²) in [6.45, 7) is 3.85. The van der Waals surface area contributed by atoms with Crippen molar-refractivity contribution < 1.29 is 19.1 Å². The van der Waals surface area contributed by atoms with Gasteiger partial charge in [-0.3, -0.25) is 4.79 Å². The topological polar surface area (TPSA) is 55.8 Å². The Kier molecular flexibility index (Phi) is 5.97. The van der Waals surface area contributed by atoms with Crippen LogP contribution in [0.4, 0.5) is 0 Å². The fraction of sp³-hybridized carbons (Fsp3) is 0.833. The van der Waals surface area contributed by atoms with Crippen LogP contribution in [-0.4, -0.2) is 49.7 Å². The van der Waals surface area contributed by atoms with Crippen molar-refractivity contribution in [3.8, 4) is 0 Å². The van der Waals surface area contributed by atoms with Crippen LogP contribution in [0.5, 0.6) is 0 Å². The molecule has 1 unspecified atom stereocenters. The van der Waals surface area contributed by atoms with Crippen molar-refractivity contribution in [2.75, 3.05) is 26.9 Å². The van der Waals surface area contributed by atoms with Crippen LogP contribution in [0.25, 0.3) is 0 Å². The zero-order valence-corrected chi connectivity index (χ0v) is 10.6. The van der Waals surface area contributed by atoms with E-state index in [1.165, 1.54) is 7.11 Å². The number of carbonyl (C=O) groups excluding carboxylic acids is 2. The summed E-state index contributed by atoms with van der Waals surface area (Å²) in [6, 6.07) is -0.375. The van der Waals surface area contributed by atoms with Gasteiger partial charge in [0.25, 0.3) is 0 Å². The molecule has 5 heteroatoms. The molecule has 17 heavy (non-hydrogen) atoms. The Labute approximate surface area is 102 Å². The van der Waals surface area contributed by atoms with Crippen molar-refractivity contribution in [3.63, 3.8) is 0 Å². The SMILES string of the molecule is CCOCCCC(=O)N1CCCC1C(=O)OC. The molecule has 1 atom stereocenters. The monoisotopic (exact) mass is 243 g/mol.